The van der Waals surface area contributed by atoms with E-state index in [4.69, 9.17) is 9.84 Å². The average molecular weight is 470 g/mol. The van der Waals surface area contributed by atoms with E-state index in [1.165, 1.54) is 0 Å². The number of hydrazone groups is 1. The van der Waals surface area contributed by atoms with Crippen molar-refractivity contribution >= 4 is 29.8 Å². The summed E-state index contributed by atoms with van der Waals surface area (Å²) in [6.07, 6.45) is -4.73. The van der Waals surface area contributed by atoms with Crippen molar-refractivity contribution in [3.63, 3.8) is 0 Å². The predicted octanol–water partition coefficient (Wildman–Crippen LogP) is -0.232. The second-order valence-corrected chi connectivity index (χ2v) is 7.33. The predicted molar refractivity (Wildman–Crippen MR) is 125 cm³/mol. The van der Waals surface area contributed by atoms with Crippen LogP contribution in [0.4, 0.5) is 5.69 Å². The molecule has 2 aromatic rings. The van der Waals surface area contributed by atoms with Crippen LogP contribution in [0.1, 0.15) is 5.56 Å². The molecule has 6 N–H and O–H groups in total. The number of guanidine groups is 1. The number of benzene rings is 2. The van der Waals surface area contributed by atoms with Crippen molar-refractivity contribution in [2.24, 2.45) is 10.1 Å². The number of anilines is 1. The van der Waals surface area contributed by atoms with Gasteiger partial charge in [-0.2, -0.15) is 10.1 Å². The highest BCUT2D eigenvalue weighted by molar-refractivity contribution is 6.17. The SMILES string of the molecule is COc1ccc(/C=C2\N=C(Nc3ccccc3)N(/N=C/C(O)C(O)C(O)C(O)CO)C2=O)cc1. The third kappa shape index (κ3) is 6.04. The molecular weight excluding hydrogens is 444 g/mol. The molecule has 34 heavy (non-hydrogen) atoms. The second kappa shape index (κ2) is 11.5. The van der Waals surface area contributed by atoms with E-state index in [0.29, 0.717) is 17.0 Å². The highest BCUT2D eigenvalue weighted by Crippen LogP contribution is 2.21. The van der Waals surface area contributed by atoms with Gasteiger partial charge in [0.1, 0.15) is 35.9 Å². The van der Waals surface area contributed by atoms with Crippen molar-refractivity contribution in [2.45, 2.75) is 24.4 Å². The number of hydrogen-bond acceptors (Lipinski definition) is 10. The van der Waals surface area contributed by atoms with Crippen LogP contribution in [-0.4, -0.2) is 86.8 Å². The summed E-state index contributed by atoms with van der Waals surface area (Å²) in [5.74, 6) is 0.0927. The van der Waals surface area contributed by atoms with Crippen molar-refractivity contribution in [3.8, 4) is 5.75 Å². The standard InChI is InChI=1S/C23H26N4O7/c1-34-16-9-7-14(8-10-16)11-17-22(33)27(23(26-17)25-15-5-3-2-4-6-15)24-12-18(29)20(31)21(32)19(30)13-28/h2-12,18-21,28-32H,13H2,1H3,(H,25,26)/b17-11-,24-12+. The Morgan fingerprint density at radius 3 is 2.35 bits per heavy atom. The maximum absolute atomic E-state index is 13.0. The topological polar surface area (TPSA) is 167 Å². The molecule has 0 fully saturated rings. The van der Waals surface area contributed by atoms with E-state index in [9.17, 15) is 25.2 Å². The highest BCUT2D eigenvalue weighted by Gasteiger charge is 2.33. The summed E-state index contributed by atoms with van der Waals surface area (Å²) in [4.78, 5) is 17.3. The summed E-state index contributed by atoms with van der Waals surface area (Å²) in [6, 6.07) is 15.9. The number of hydrogen-bond donors (Lipinski definition) is 6. The van der Waals surface area contributed by atoms with Gasteiger partial charge in [0.2, 0.25) is 5.96 Å². The number of para-hydroxylation sites is 1. The van der Waals surface area contributed by atoms with Gasteiger partial charge in [0, 0.05) is 5.69 Å². The number of ether oxygens (including phenoxy) is 1. The molecule has 1 aliphatic rings. The minimum Gasteiger partial charge on any atom is -0.497 e. The molecule has 1 heterocycles. The van der Waals surface area contributed by atoms with Crippen molar-refractivity contribution in [1.82, 2.24) is 5.01 Å². The third-order valence-corrected chi connectivity index (χ3v) is 4.90. The van der Waals surface area contributed by atoms with Gasteiger partial charge in [-0.3, -0.25) is 4.79 Å². The van der Waals surface area contributed by atoms with Gasteiger partial charge in [0.25, 0.3) is 5.91 Å². The fraction of sp³-hybridized carbons (Fsp3) is 0.261. The average Bonchev–Trinajstić information content (AvgIpc) is 3.15. The van der Waals surface area contributed by atoms with Crippen LogP contribution < -0.4 is 10.1 Å². The molecule has 3 rings (SSSR count). The van der Waals surface area contributed by atoms with E-state index >= 15 is 0 Å². The van der Waals surface area contributed by atoms with E-state index in [0.717, 1.165) is 11.2 Å². The minimum atomic E-state index is -1.86. The molecule has 11 heteroatoms. The summed E-state index contributed by atoms with van der Waals surface area (Å²) in [5.41, 5.74) is 1.38. The Hall–Kier alpha value is -3.61. The van der Waals surface area contributed by atoms with Crippen molar-refractivity contribution < 1.29 is 35.1 Å². The molecule has 0 aliphatic carbocycles. The van der Waals surface area contributed by atoms with Crippen LogP contribution in [0, 0.1) is 0 Å². The van der Waals surface area contributed by atoms with E-state index in [1.807, 2.05) is 6.07 Å². The van der Waals surface area contributed by atoms with E-state index in [2.05, 4.69) is 15.4 Å². The van der Waals surface area contributed by atoms with Crippen LogP contribution in [0.15, 0.2) is 70.4 Å². The number of aliphatic hydroxyl groups excluding tert-OH is 5. The molecule has 0 aromatic heterocycles. The van der Waals surface area contributed by atoms with Gasteiger partial charge in [-0.05, 0) is 35.9 Å². The molecule has 0 saturated heterocycles. The summed E-state index contributed by atoms with van der Waals surface area (Å²) < 4.78 is 5.13. The van der Waals surface area contributed by atoms with Crippen molar-refractivity contribution in [2.75, 3.05) is 19.0 Å². The first kappa shape index (κ1) is 25.0. The van der Waals surface area contributed by atoms with Gasteiger partial charge in [-0.1, -0.05) is 30.3 Å². The lowest BCUT2D eigenvalue weighted by atomic mass is 10.0. The number of methoxy groups -OCH3 is 1. The normalized spacial score (nSPS) is 18.6. The number of nitrogens with one attached hydrogen (secondary N) is 1. The lowest BCUT2D eigenvalue weighted by Gasteiger charge is -2.23. The Balaban J connectivity index is 1.86. The van der Waals surface area contributed by atoms with Crippen molar-refractivity contribution in [1.29, 1.82) is 0 Å². The lowest BCUT2D eigenvalue weighted by Crippen LogP contribution is -2.46. The number of aliphatic imine (C=N–C) groups is 1. The molecule has 0 radical (unpaired) electrons. The zero-order valence-electron chi connectivity index (χ0n) is 18.3. The number of carbonyl (C=O) groups is 1. The number of nitrogens with zero attached hydrogens (tertiary/aromatic N) is 3. The van der Waals surface area contributed by atoms with Crippen LogP contribution in [0.3, 0.4) is 0 Å². The van der Waals surface area contributed by atoms with Gasteiger partial charge in [0.05, 0.1) is 19.9 Å². The Morgan fingerprint density at radius 1 is 1.06 bits per heavy atom. The van der Waals surface area contributed by atoms with E-state index in [1.54, 1.807) is 61.7 Å². The third-order valence-electron chi connectivity index (χ3n) is 4.90. The summed E-state index contributed by atoms with van der Waals surface area (Å²) in [6.45, 7) is -0.815. The molecule has 4 unspecified atom stereocenters. The van der Waals surface area contributed by atoms with Crippen molar-refractivity contribution in [3.05, 3.63) is 65.9 Å². The Morgan fingerprint density at radius 2 is 1.74 bits per heavy atom. The Labute approximate surface area is 195 Å². The summed E-state index contributed by atoms with van der Waals surface area (Å²) in [7, 11) is 1.55. The fourth-order valence-electron chi connectivity index (χ4n) is 2.97. The zero-order chi connectivity index (χ0) is 24.7. The van der Waals surface area contributed by atoms with Gasteiger partial charge in [-0.15, -0.1) is 0 Å². The number of rotatable bonds is 9. The molecule has 0 saturated carbocycles. The molecule has 1 amide bonds. The van der Waals surface area contributed by atoms with Crippen LogP contribution in [0.25, 0.3) is 6.08 Å². The second-order valence-electron chi connectivity index (χ2n) is 7.33. The van der Waals surface area contributed by atoms with E-state index in [-0.39, 0.29) is 11.7 Å². The van der Waals surface area contributed by atoms with Gasteiger partial charge in [0.15, 0.2) is 0 Å². The fourth-order valence-corrected chi connectivity index (χ4v) is 2.97. The maximum Gasteiger partial charge on any atom is 0.300 e. The molecule has 2 aromatic carbocycles. The Kier molecular flexibility index (Phi) is 8.46. The first-order valence-electron chi connectivity index (χ1n) is 10.3. The summed E-state index contributed by atoms with van der Waals surface area (Å²) >= 11 is 0. The molecule has 11 nitrogen and oxygen atoms in total. The molecule has 0 bridgehead atoms. The first-order chi connectivity index (χ1) is 16.3. The van der Waals surface area contributed by atoms with E-state index < -0.39 is 36.9 Å². The zero-order valence-corrected chi connectivity index (χ0v) is 18.3. The molecule has 0 spiro atoms. The quantitative estimate of drug-likeness (QED) is 0.216. The first-order valence-corrected chi connectivity index (χ1v) is 10.3. The maximum atomic E-state index is 13.0. The number of carbonyl (C=O) groups excluding carboxylic acids is 1. The Bertz CT molecular complexity index is 1060. The largest absolute Gasteiger partial charge is 0.497 e. The van der Waals surface area contributed by atoms with Gasteiger partial charge >= 0.3 is 0 Å². The monoisotopic (exact) mass is 470 g/mol. The van der Waals surface area contributed by atoms with Crippen LogP contribution in [0.2, 0.25) is 0 Å². The lowest BCUT2D eigenvalue weighted by molar-refractivity contribution is -0.122. The van der Waals surface area contributed by atoms with Crippen LogP contribution >= 0.6 is 0 Å². The molecular formula is C23H26N4O7. The highest BCUT2D eigenvalue weighted by atomic mass is 16.5. The van der Waals surface area contributed by atoms with Crippen LogP contribution in [0.5, 0.6) is 5.75 Å². The van der Waals surface area contributed by atoms with Gasteiger partial charge < -0.3 is 35.6 Å². The minimum absolute atomic E-state index is 0.0462. The number of amides is 1. The molecule has 1 aliphatic heterocycles. The smallest absolute Gasteiger partial charge is 0.300 e. The summed E-state index contributed by atoms with van der Waals surface area (Å²) in [5, 5.41) is 56.0. The van der Waals surface area contributed by atoms with Gasteiger partial charge in [-0.25, -0.2) is 4.99 Å². The molecule has 4 atom stereocenters. The number of aliphatic hydroxyl groups is 5. The van der Waals surface area contributed by atoms with Crippen LogP contribution in [-0.2, 0) is 4.79 Å². The molecule has 180 valence electrons.